The second kappa shape index (κ2) is 4.90. The van der Waals surface area contributed by atoms with Gasteiger partial charge in [-0.25, -0.2) is 0 Å². The summed E-state index contributed by atoms with van der Waals surface area (Å²) in [6, 6.07) is 0.297. The summed E-state index contributed by atoms with van der Waals surface area (Å²) in [5.41, 5.74) is 0.539. The van der Waals surface area contributed by atoms with Crippen LogP contribution in [0.1, 0.15) is 36.8 Å². The molecule has 0 saturated heterocycles. The van der Waals surface area contributed by atoms with Crippen molar-refractivity contribution in [3.63, 3.8) is 0 Å². The van der Waals surface area contributed by atoms with Crippen LogP contribution in [0, 0.1) is 0 Å². The van der Waals surface area contributed by atoms with E-state index in [1.807, 2.05) is 0 Å². The van der Waals surface area contributed by atoms with Crippen molar-refractivity contribution in [1.29, 1.82) is 0 Å². The van der Waals surface area contributed by atoms with E-state index in [0.717, 1.165) is 12.8 Å². The highest BCUT2D eigenvalue weighted by Crippen LogP contribution is 2.22. The fraction of sp³-hybridized carbons (Fsp3) is 0.667. The summed E-state index contributed by atoms with van der Waals surface area (Å²) in [5.74, 6) is -0.156. The zero-order chi connectivity index (χ0) is 10.7. The van der Waals surface area contributed by atoms with Gasteiger partial charge in [0.05, 0.1) is 0 Å². The number of alkyl halides is 1. The molecular formula is C9H12ClN3OS. The maximum Gasteiger partial charge on any atom is 0.244 e. The first-order chi connectivity index (χ1) is 7.27. The van der Waals surface area contributed by atoms with Gasteiger partial charge in [0, 0.05) is 11.4 Å². The van der Waals surface area contributed by atoms with Gasteiger partial charge in [0.2, 0.25) is 5.91 Å². The summed E-state index contributed by atoms with van der Waals surface area (Å²) in [7, 11) is 0. The second-order valence-corrected chi connectivity index (χ2v) is 4.73. The van der Waals surface area contributed by atoms with Gasteiger partial charge >= 0.3 is 0 Å². The minimum absolute atomic E-state index is 0.156. The molecule has 0 spiro atoms. The molecule has 0 radical (unpaired) electrons. The van der Waals surface area contributed by atoms with Crippen molar-refractivity contribution >= 4 is 29.0 Å². The van der Waals surface area contributed by atoms with Crippen LogP contribution in [0.2, 0.25) is 0 Å². The van der Waals surface area contributed by atoms with Gasteiger partial charge in [-0.2, -0.15) is 0 Å². The summed E-state index contributed by atoms with van der Waals surface area (Å²) in [4.78, 5) is 11.7. The fourth-order valence-electron chi connectivity index (χ4n) is 1.76. The third-order valence-electron chi connectivity index (χ3n) is 2.57. The molecule has 2 rings (SSSR count). The highest BCUT2D eigenvalue weighted by atomic mass is 35.5. The summed E-state index contributed by atoms with van der Waals surface area (Å²) in [6.07, 6.45) is 4.50. The first-order valence-corrected chi connectivity index (χ1v) is 6.26. The Morgan fingerprint density at radius 3 is 2.93 bits per heavy atom. The molecule has 1 heterocycles. The molecule has 1 aliphatic carbocycles. The van der Waals surface area contributed by atoms with Gasteiger partial charge in [-0.05, 0) is 24.4 Å². The van der Waals surface area contributed by atoms with E-state index in [1.54, 1.807) is 5.38 Å². The van der Waals surface area contributed by atoms with Crippen molar-refractivity contribution in [1.82, 2.24) is 14.9 Å². The quantitative estimate of drug-likeness (QED) is 0.828. The average molecular weight is 246 g/mol. The lowest BCUT2D eigenvalue weighted by molar-refractivity contribution is -0.121. The van der Waals surface area contributed by atoms with Crippen LogP contribution in [0.4, 0.5) is 0 Å². The zero-order valence-corrected chi connectivity index (χ0v) is 9.72. The molecule has 1 fully saturated rings. The third-order valence-corrected chi connectivity index (χ3v) is 3.51. The number of carbonyl (C=O) groups excluding carboxylic acids is 1. The van der Waals surface area contributed by atoms with E-state index in [4.69, 9.17) is 11.6 Å². The van der Waals surface area contributed by atoms with Crippen LogP contribution in [0.3, 0.4) is 0 Å². The first kappa shape index (κ1) is 10.8. The average Bonchev–Trinajstić information content (AvgIpc) is 2.88. The van der Waals surface area contributed by atoms with Gasteiger partial charge in [-0.3, -0.25) is 4.79 Å². The van der Waals surface area contributed by atoms with Crippen molar-refractivity contribution < 1.29 is 4.79 Å². The number of amides is 1. The summed E-state index contributed by atoms with van der Waals surface area (Å²) in [6.45, 7) is 0. The number of nitrogens with one attached hydrogen (secondary N) is 1. The van der Waals surface area contributed by atoms with E-state index >= 15 is 0 Å². The second-order valence-electron chi connectivity index (χ2n) is 3.68. The number of hydrogen-bond acceptors (Lipinski definition) is 4. The molecule has 1 saturated carbocycles. The van der Waals surface area contributed by atoms with Gasteiger partial charge in [0.25, 0.3) is 0 Å². The van der Waals surface area contributed by atoms with Crippen LogP contribution in [-0.4, -0.2) is 21.5 Å². The van der Waals surface area contributed by atoms with Crippen LogP contribution in [0.15, 0.2) is 5.38 Å². The van der Waals surface area contributed by atoms with E-state index in [9.17, 15) is 4.79 Å². The predicted molar refractivity (Wildman–Crippen MR) is 58.9 cm³/mol. The molecule has 1 aliphatic rings. The lowest BCUT2D eigenvalue weighted by Gasteiger charge is -2.13. The summed E-state index contributed by atoms with van der Waals surface area (Å²) in [5, 5.41) is 7.72. The molecule has 0 bridgehead atoms. The Morgan fingerprint density at radius 1 is 1.60 bits per heavy atom. The van der Waals surface area contributed by atoms with Crippen LogP contribution in [0.25, 0.3) is 0 Å². The molecule has 1 aromatic rings. The monoisotopic (exact) mass is 245 g/mol. The topological polar surface area (TPSA) is 54.9 Å². The number of aromatic nitrogens is 2. The maximum atomic E-state index is 11.7. The molecule has 82 valence electrons. The van der Waals surface area contributed by atoms with E-state index in [1.165, 1.54) is 24.4 Å². The van der Waals surface area contributed by atoms with Crippen LogP contribution < -0.4 is 5.32 Å². The number of hydrogen-bond donors (Lipinski definition) is 1. The highest BCUT2D eigenvalue weighted by molar-refractivity contribution is 7.03. The van der Waals surface area contributed by atoms with Crippen molar-refractivity contribution in [2.45, 2.75) is 37.1 Å². The van der Waals surface area contributed by atoms with Gasteiger partial charge in [0.1, 0.15) is 5.69 Å². The van der Waals surface area contributed by atoms with Gasteiger partial charge in [-0.1, -0.05) is 17.3 Å². The maximum absolute atomic E-state index is 11.7. The smallest absolute Gasteiger partial charge is 0.244 e. The van der Waals surface area contributed by atoms with E-state index < -0.39 is 5.38 Å². The minimum Gasteiger partial charge on any atom is -0.352 e. The molecule has 1 atom stereocenters. The molecule has 0 aromatic carbocycles. The molecule has 1 N–H and O–H groups in total. The Bertz CT molecular complexity index is 324. The van der Waals surface area contributed by atoms with E-state index in [2.05, 4.69) is 14.9 Å². The number of rotatable bonds is 3. The lowest BCUT2D eigenvalue weighted by Crippen LogP contribution is -2.35. The number of carbonyl (C=O) groups is 1. The molecule has 1 unspecified atom stereocenters. The van der Waals surface area contributed by atoms with Crippen molar-refractivity contribution in [2.24, 2.45) is 0 Å². The SMILES string of the molecule is O=C(NC1CCCC1)C(Cl)c1csnn1. The minimum atomic E-state index is -0.704. The fourth-order valence-corrected chi connectivity index (χ4v) is 2.49. The third kappa shape index (κ3) is 2.66. The Kier molecular flexibility index (Phi) is 3.53. The van der Waals surface area contributed by atoms with E-state index in [0.29, 0.717) is 11.7 Å². The molecular weight excluding hydrogens is 234 g/mol. The lowest BCUT2D eigenvalue weighted by atomic mass is 10.2. The summed E-state index contributed by atoms with van der Waals surface area (Å²) >= 11 is 7.17. The van der Waals surface area contributed by atoms with Crippen LogP contribution in [-0.2, 0) is 4.79 Å². The van der Waals surface area contributed by atoms with Crippen LogP contribution in [0.5, 0.6) is 0 Å². The Balaban J connectivity index is 1.90. The molecule has 4 nitrogen and oxygen atoms in total. The zero-order valence-electron chi connectivity index (χ0n) is 8.15. The van der Waals surface area contributed by atoms with Gasteiger partial charge in [-0.15, -0.1) is 16.7 Å². The predicted octanol–water partition coefficient (Wildman–Crippen LogP) is 1.88. The Morgan fingerprint density at radius 2 is 2.33 bits per heavy atom. The molecule has 1 aromatic heterocycles. The summed E-state index contributed by atoms with van der Waals surface area (Å²) < 4.78 is 3.68. The van der Waals surface area contributed by atoms with Crippen molar-refractivity contribution in [3.05, 3.63) is 11.1 Å². The van der Waals surface area contributed by atoms with Gasteiger partial charge in [0.15, 0.2) is 5.38 Å². The van der Waals surface area contributed by atoms with Gasteiger partial charge < -0.3 is 5.32 Å². The van der Waals surface area contributed by atoms with Crippen molar-refractivity contribution in [2.75, 3.05) is 0 Å². The highest BCUT2D eigenvalue weighted by Gasteiger charge is 2.24. The number of halogens is 1. The first-order valence-electron chi connectivity index (χ1n) is 4.99. The Hall–Kier alpha value is -0.680. The Labute approximate surface area is 97.2 Å². The number of nitrogens with zero attached hydrogens (tertiary/aromatic N) is 2. The largest absolute Gasteiger partial charge is 0.352 e. The standard InChI is InChI=1S/C9H12ClN3OS/c10-8(7-5-15-13-12-7)9(14)11-6-3-1-2-4-6/h5-6,8H,1-4H2,(H,11,14). The molecule has 15 heavy (non-hydrogen) atoms. The molecule has 0 aliphatic heterocycles. The molecule has 6 heteroatoms. The van der Waals surface area contributed by atoms with Crippen LogP contribution >= 0.6 is 23.1 Å². The normalized spacial score (nSPS) is 19.0. The van der Waals surface area contributed by atoms with E-state index in [-0.39, 0.29) is 5.91 Å². The molecule has 1 amide bonds. The van der Waals surface area contributed by atoms with Crippen molar-refractivity contribution in [3.8, 4) is 0 Å².